The summed E-state index contributed by atoms with van der Waals surface area (Å²) in [5.41, 5.74) is 7.27. The Balaban J connectivity index is 1.97. The van der Waals surface area contributed by atoms with Crippen LogP contribution in [0.15, 0.2) is 12.1 Å². The quantitative estimate of drug-likeness (QED) is 0.866. The summed E-state index contributed by atoms with van der Waals surface area (Å²) in [6.07, 6.45) is 3.05. The van der Waals surface area contributed by atoms with E-state index < -0.39 is 0 Å². The molecule has 2 heterocycles. The third-order valence-corrected chi connectivity index (χ3v) is 4.47. The molecule has 1 aliphatic rings. The Hall–Kier alpha value is -1.23. The van der Waals surface area contributed by atoms with E-state index in [2.05, 4.69) is 17.2 Å². The maximum atomic E-state index is 12.1. The fourth-order valence-electron chi connectivity index (χ4n) is 2.21. The first-order chi connectivity index (χ1) is 9.19. The fraction of sp³-hybridized carbons (Fsp3) is 0.571. The van der Waals surface area contributed by atoms with Gasteiger partial charge in [-0.05, 0) is 42.4 Å². The molecule has 0 aromatic carbocycles. The average molecular weight is 279 g/mol. The number of aryl methyl sites for hydroxylation is 1. The Kier molecular flexibility index (Phi) is 5.07. The molecular formula is C14H21N3OS. The molecule has 1 saturated heterocycles. The lowest BCUT2D eigenvalue weighted by molar-refractivity contribution is 0.0948. The van der Waals surface area contributed by atoms with Crippen LogP contribution in [0.25, 0.3) is 0 Å². The van der Waals surface area contributed by atoms with E-state index in [9.17, 15) is 4.79 Å². The highest BCUT2D eigenvalue weighted by Crippen LogP contribution is 2.22. The number of pyridine rings is 1. The van der Waals surface area contributed by atoms with Crippen LogP contribution >= 0.6 is 11.8 Å². The molecule has 1 atom stereocenters. The zero-order valence-corrected chi connectivity index (χ0v) is 12.1. The Morgan fingerprint density at radius 1 is 1.58 bits per heavy atom. The largest absolute Gasteiger partial charge is 0.384 e. The van der Waals surface area contributed by atoms with Gasteiger partial charge in [-0.2, -0.15) is 11.8 Å². The van der Waals surface area contributed by atoms with Gasteiger partial charge < -0.3 is 11.1 Å². The molecule has 1 fully saturated rings. The van der Waals surface area contributed by atoms with Crippen LogP contribution in [0.4, 0.5) is 5.82 Å². The summed E-state index contributed by atoms with van der Waals surface area (Å²) in [7, 11) is 0. The summed E-state index contributed by atoms with van der Waals surface area (Å²) in [5.74, 6) is 3.36. The van der Waals surface area contributed by atoms with Crippen molar-refractivity contribution in [3.8, 4) is 0 Å². The number of aromatic nitrogens is 1. The molecule has 1 aromatic rings. The highest BCUT2D eigenvalue weighted by atomic mass is 32.2. The number of carbonyl (C=O) groups is 1. The van der Waals surface area contributed by atoms with Gasteiger partial charge in [0.15, 0.2) is 0 Å². The van der Waals surface area contributed by atoms with Gasteiger partial charge in [-0.3, -0.25) is 4.79 Å². The van der Waals surface area contributed by atoms with Gasteiger partial charge in [-0.15, -0.1) is 0 Å². The van der Waals surface area contributed by atoms with E-state index in [1.165, 1.54) is 12.2 Å². The third-order valence-electron chi connectivity index (χ3n) is 3.24. The number of hydrogen-bond donors (Lipinski definition) is 2. The molecule has 0 radical (unpaired) electrons. The van der Waals surface area contributed by atoms with Crippen molar-refractivity contribution in [2.45, 2.75) is 26.2 Å². The number of rotatable bonds is 5. The molecule has 3 N–H and O–H groups in total. The van der Waals surface area contributed by atoms with Gasteiger partial charge in [0, 0.05) is 17.8 Å². The molecule has 104 valence electrons. The normalized spacial score (nSPS) is 18.5. The Morgan fingerprint density at radius 3 is 3.11 bits per heavy atom. The van der Waals surface area contributed by atoms with Crippen molar-refractivity contribution in [1.29, 1.82) is 0 Å². The molecule has 1 unspecified atom stereocenters. The standard InChI is InChI=1S/C14H21N3OS/c1-2-3-12-6-11(7-13(15)17-12)14(18)16-8-10-4-5-19-9-10/h6-7,10H,2-5,8-9H2,1H3,(H2,15,17)(H,16,18). The minimum Gasteiger partial charge on any atom is -0.384 e. The molecule has 0 saturated carbocycles. The van der Waals surface area contributed by atoms with Gasteiger partial charge in [-0.1, -0.05) is 13.3 Å². The van der Waals surface area contributed by atoms with E-state index in [4.69, 9.17) is 5.73 Å². The summed E-state index contributed by atoms with van der Waals surface area (Å²) in [6.45, 7) is 2.85. The van der Waals surface area contributed by atoms with Crippen molar-refractivity contribution >= 4 is 23.5 Å². The van der Waals surface area contributed by atoms with Crippen LogP contribution < -0.4 is 11.1 Å². The molecule has 19 heavy (non-hydrogen) atoms. The summed E-state index contributed by atoms with van der Waals surface area (Å²) >= 11 is 1.96. The molecule has 1 aliphatic heterocycles. The average Bonchev–Trinajstić information content (AvgIpc) is 2.88. The summed E-state index contributed by atoms with van der Waals surface area (Å²) < 4.78 is 0. The van der Waals surface area contributed by atoms with Gasteiger partial charge in [0.05, 0.1) is 0 Å². The number of nitrogens with two attached hydrogens (primary N) is 1. The van der Waals surface area contributed by atoms with Crippen LogP contribution in [0.3, 0.4) is 0 Å². The number of hydrogen-bond acceptors (Lipinski definition) is 4. The van der Waals surface area contributed by atoms with E-state index in [0.717, 1.165) is 30.8 Å². The Labute approximate surface area is 118 Å². The monoisotopic (exact) mass is 279 g/mol. The van der Waals surface area contributed by atoms with Crippen molar-refractivity contribution in [2.24, 2.45) is 5.92 Å². The number of thioether (sulfide) groups is 1. The second-order valence-corrected chi connectivity index (χ2v) is 6.11. The van der Waals surface area contributed by atoms with Crippen LogP contribution in [0.1, 0.15) is 35.8 Å². The number of nitrogens with zero attached hydrogens (tertiary/aromatic N) is 1. The van der Waals surface area contributed by atoms with Crippen LogP contribution in [-0.2, 0) is 6.42 Å². The predicted octanol–water partition coefficient (Wildman–Crippen LogP) is 2.10. The third kappa shape index (κ3) is 4.13. The molecule has 0 bridgehead atoms. The number of anilines is 1. The summed E-state index contributed by atoms with van der Waals surface area (Å²) in [5, 5.41) is 3.00. The lowest BCUT2D eigenvalue weighted by Crippen LogP contribution is -2.29. The topological polar surface area (TPSA) is 68.0 Å². The van der Waals surface area contributed by atoms with E-state index in [1.807, 2.05) is 17.8 Å². The number of nitrogens with one attached hydrogen (secondary N) is 1. The van der Waals surface area contributed by atoms with Crippen molar-refractivity contribution in [1.82, 2.24) is 10.3 Å². The van der Waals surface area contributed by atoms with Crippen molar-refractivity contribution in [3.63, 3.8) is 0 Å². The van der Waals surface area contributed by atoms with Gasteiger partial charge in [-0.25, -0.2) is 4.98 Å². The van der Waals surface area contributed by atoms with Gasteiger partial charge in [0.1, 0.15) is 5.82 Å². The van der Waals surface area contributed by atoms with Crippen molar-refractivity contribution in [2.75, 3.05) is 23.8 Å². The second-order valence-electron chi connectivity index (χ2n) is 4.96. The number of carbonyl (C=O) groups excluding carboxylic acids is 1. The highest BCUT2D eigenvalue weighted by molar-refractivity contribution is 7.99. The van der Waals surface area contributed by atoms with E-state index >= 15 is 0 Å². The molecule has 0 aliphatic carbocycles. The maximum absolute atomic E-state index is 12.1. The van der Waals surface area contributed by atoms with Crippen molar-refractivity contribution in [3.05, 3.63) is 23.4 Å². The Bertz CT molecular complexity index is 444. The van der Waals surface area contributed by atoms with Gasteiger partial charge in [0.2, 0.25) is 0 Å². The van der Waals surface area contributed by atoms with Gasteiger partial charge >= 0.3 is 0 Å². The van der Waals surface area contributed by atoms with Crippen LogP contribution in [0.5, 0.6) is 0 Å². The highest BCUT2D eigenvalue weighted by Gasteiger charge is 2.17. The maximum Gasteiger partial charge on any atom is 0.251 e. The van der Waals surface area contributed by atoms with E-state index in [-0.39, 0.29) is 5.91 Å². The summed E-state index contributed by atoms with van der Waals surface area (Å²) in [6, 6.07) is 3.50. The molecular weight excluding hydrogens is 258 g/mol. The van der Waals surface area contributed by atoms with E-state index in [1.54, 1.807) is 6.07 Å². The molecule has 0 spiro atoms. The molecule has 4 nitrogen and oxygen atoms in total. The number of amides is 1. The zero-order chi connectivity index (χ0) is 13.7. The molecule has 1 aromatic heterocycles. The Morgan fingerprint density at radius 2 is 2.42 bits per heavy atom. The lowest BCUT2D eigenvalue weighted by Gasteiger charge is -2.11. The molecule has 1 amide bonds. The first-order valence-electron chi connectivity index (χ1n) is 6.81. The number of nitrogen functional groups attached to an aromatic ring is 1. The molecule has 2 rings (SSSR count). The van der Waals surface area contributed by atoms with Crippen LogP contribution in [0.2, 0.25) is 0 Å². The van der Waals surface area contributed by atoms with Crippen LogP contribution in [0, 0.1) is 5.92 Å². The smallest absolute Gasteiger partial charge is 0.251 e. The zero-order valence-electron chi connectivity index (χ0n) is 11.3. The van der Waals surface area contributed by atoms with Crippen molar-refractivity contribution < 1.29 is 4.79 Å². The second kappa shape index (κ2) is 6.80. The summed E-state index contributed by atoms with van der Waals surface area (Å²) in [4.78, 5) is 16.3. The minimum absolute atomic E-state index is 0.0386. The van der Waals surface area contributed by atoms with Gasteiger partial charge in [0.25, 0.3) is 5.91 Å². The first kappa shape index (κ1) is 14.2. The SMILES string of the molecule is CCCc1cc(C(=O)NCC2CCSC2)cc(N)n1. The lowest BCUT2D eigenvalue weighted by atomic mass is 10.1. The van der Waals surface area contributed by atoms with Crippen LogP contribution in [-0.4, -0.2) is 28.9 Å². The van der Waals surface area contributed by atoms with E-state index in [0.29, 0.717) is 17.3 Å². The first-order valence-corrected chi connectivity index (χ1v) is 7.97. The predicted molar refractivity (Wildman–Crippen MR) is 80.4 cm³/mol. The molecule has 5 heteroatoms. The fourth-order valence-corrected chi connectivity index (χ4v) is 3.49. The minimum atomic E-state index is -0.0386.